The minimum Gasteiger partial charge on any atom is -0.455 e. The molecule has 0 saturated heterocycles. The van der Waals surface area contributed by atoms with Gasteiger partial charge in [0.1, 0.15) is 22.3 Å². The lowest BCUT2D eigenvalue weighted by Crippen LogP contribution is -1.93. The van der Waals surface area contributed by atoms with E-state index in [-0.39, 0.29) is 0 Å². The topological polar surface area (TPSA) is 52.1 Å². The highest BCUT2D eigenvalue weighted by Crippen LogP contribution is 2.43. The number of hydrogen-bond donors (Lipinski definition) is 0. The monoisotopic (exact) mass is 652 g/mol. The first-order valence-corrected chi connectivity index (χ1v) is 17.2. The van der Waals surface area contributed by atoms with Crippen molar-refractivity contribution in [3.8, 4) is 33.5 Å². The van der Waals surface area contributed by atoms with Crippen LogP contribution in [0.25, 0.3) is 110 Å². The molecule has 0 radical (unpaired) electrons. The molecule has 0 amide bonds. The fourth-order valence-electron chi connectivity index (χ4n) is 8.07. The van der Waals surface area contributed by atoms with E-state index in [4.69, 9.17) is 18.8 Å². The summed E-state index contributed by atoms with van der Waals surface area (Å²) < 4.78 is 13.4. The Labute approximate surface area is 292 Å². The number of aromatic nitrogens is 2. The molecule has 0 unspecified atom stereocenters. The van der Waals surface area contributed by atoms with Crippen LogP contribution in [0.2, 0.25) is 0 Å². The minimum atomic E-state index is 0.839. The van der Waals surface area contributed by atoms with Gasteiger partial charge in [-0.1, -0.05) is 127 Å². The molecule has 0 aliphatic rings. The predicted octanol–water partition coefficient (Wildman–Crippen LogP) is 13.0. The van der Waals surface area contributed by atoms with E-state index in [2.05, 4.69) is 140 Å². The Bertz CT molecular complexity index is 3190. The highest BCUT2D eigenvalue weighted by atomic mass is 16.3. The molecular weight excluding hydrogens is 625 g/mol. The third-order valence-corrected chi connectivity index (χ3v) is 10.3. The Morgan fingerprint density at radius 2 is 0.922 bits per heavy atom. The van der Waals surface area contributed by atoms with Gasteiger partial charge in [0.2, 0.25) is 0 Å². The quantitative estimate of drug-likeness (QED) is 0.178. The first-order chi connectivity index (χ1) is 25.2. The highest BCUT2D eigenvalue weighted by molar-refractivity contribution is 6.23. The standard InChI is InChI=1S/C47H28N2O2/c1-27-23-28(25-29(24-27)41-26-48-43-34-14-4-2-11-31(34)32-12-3-5-15-35(32)44(43)49-41)30-16-8-18-37-39-20-10-21-40(47(39)51-45(30)37)38-19-9-17-36-33-13-6-7-22-42(33)50-46(36)38/h2-26H,1H3. The first-order valence-electron chi connectivity index (χ1n) is 17.2. The Morgan fingerprint density at radius 3 is 1.63 bits per heavy atom. The zero-order valence-corrected chi connectivity index (χ0v) is 27.6. The molecule has 3 heterocycles. The SMILES string of the molecule is Cc1cc(-c2cnc3c4ccccc4c4ccccc4c3n2)cc(-c2cccc3c2oc2c(-c4cccc5c4oc4ccccc45)cccc23)c1. The van der Waals surface area contributed by atoms with Gasteiger partial charge in [-0.05, 0) is 47.0 Å². The maximum absolute atomic E-state index is 6.91. The van der Waals surface area contributed by atoms with Crippen molar-refractivity contribution in [2.24, 2.45) is 0 Å². The molecule has 0 spiro atoms. The maximum atomic E-state index is 6.91. The molecular formula is C47H28N2O2. The van der Waals surface area contributed by atoms with Crippen molar-refractivity contribution in [1.29, 1.82) is 0 Å². The van der Waals surface area contributed by atoms with Gasteiger partial charge < -0.3 is 8.83 Å². The molecule has 0 fully saturated rings. The number of benzene rings is 8. The summed E-state index contributed by atoms with van der Waals surface area (Å²) in [6.45, 7) is 2.13. The smallest absolute Gasteiger partial charge is 0.143 e. The normalized spacial score (nSPS) is 12.0. The largest absolute Gasteiger partial charge is 0.455 e. The summed E-state index contributed by atoms with van der Waals surface area (Å²) in [5.41, 5.74) is 12.4. The fourth-order valence-corrected chi connectivity index (χ4v) is 8.07. The number of aryl methyl sites for hydroxylation is 1. The molecule has 0 aliphatic heterocycles. The molecule has 0 bridgehead atoms. The number of furan rings is 2. The van der Waals surface area contributed by atoms with Crippen LogP contribution >= 0.6 is 0 Å². The summed E-state index contributed by atoms with van der Waals surface area (Å²) in [6, 6.07) is 50.9. The first kappa shape index (κ1) is 28.1. The molecule has 4 heteroatoms. The summed E-state index contributed by atoms with van der Waals surface area (Å²) in [7, 11) is 0. The van der Waals surface area contributed by atoms with Crippen LogP contribution in [-0.4, -0.2) is 9.97 Å². The predicted molar refractivity (Wildman–Crippen MR) is 210 cm³/mol. The van der Waals surface area contributed by atoms with Crippen molar-refractivity contribution in [2.75, 3.05) is 0 Å². The van der Waals surface area contributed by atoms with Crippen LogP contribution in [0, 0.1) is 6.92 Å². The van der Waals surface area contributed by atoms with Crippen molar-refractivity contribution in [3.05, 3.63) is 157 Å². The summed E-state index contributed by atoms with van der Waals surface area (Å²) in [5, 5.41) is 8.96. The molecule has 51 heavy (non-hydrogen) atoms. The van der Waals surface area contributed by atoms with E-state index in [0.29, 0.717) is 0 Å². The van der Waals surface area contributed by atoms with Gasteiger partial charge in [0.15, 0.2) is 0 Å². The van der Waals surface area contributed by atoms with Crippen LogP contribution in [0.15, 0.2) is 161 Å². The van der Waals surface area contributed by atoms with E-state index >= 15 is 0 Å². The molecule has 0 aliphatic carbocycles. The molecule has 0 N–H and O–H groups in total. The van der Waals surface area contributed by atoms with Crippen molar-refractivity contribution in [1.82, 2.24) is 9.97 Å². The van der Waals surface area contributed by atoms with Gasteiger partial charge >= 0.3 is 0 Å². The minimum absolute atomic E-state index is 0.839. The second-order valence-electron chi connectivity index (χ2n) is 13.4. The molecule has 0 atom stereocenters. The average Bonchev–Trinajstić information content (AvgIpc) is 3.76. The average molecular weight is 653 g/mol. The molecule has 3 aromatic heterocycles. The molecule has 11 rings (SSSR count). The zero-order chi connectivity index (χ0) is 33.6. The van der Waals surface area contributed by atoms with Gasteiger partial charge in [-0.3, -0.25) is 4.98 Å². The number of hydrogen-bond acceptors (Lipinski definition) is 4. The maximum Gasteiger partial charge on any atom is 0.143 e. The van der Waals surface area contributed by atoms with Gasteiger partial charge in [0.25, 0.3) is 0 Å². The van der Waals surface area contributed by atoms with Crippen LogP contribution in [0.3, 0.4) is 0 Å². The summed E-state index contributed by atoms with van der Waals surface area (Å²) in [4.78, 5) is 10.3. The van der Waals surface area contributed by atoms with Gasteiger partial charge in [-0.25, -0.2) is 4.98 Å². The van der Waals surface area contributed by atoms with Crippen molar-refractivity contribution >= 4 is 76.5 Å². The summed E-state index contributed by atoms with van der Waals surface area (Å²) in [6.07, 6.45) is 1.91. The van der Waals surface area contributed by atoms with E-state index in [1.165, 1.54) is 10.8 Å². The van der Waals surface area contributed by atoms with Crippen LogP contribution in [0.4, 0.5) is 0 Å². The molecule has 11 aromatic rings. The van der Waals surface area contributed by atoms with Gasteiger partial charge in [0, 0.05) is 54.6 Å². The van der Waals surface area contributed by atoms with Crippen molar-refractivity contribution in [3.63, 3.8) is 0 Å². The summed E-state index contributed by atoms with van der Waals surface area (Å²) in [5.74, 6) is 0. The summed E-state index contributed by atoms with van der Waals surface area (Å²) >= 11 is 0. The molecule has 0 saturated carbocycles. The fraction of sp³-hybridized carbons (Fsp3) is 0.0213. The van der Waals surface area contributed by atoms with E-state index < -0.39 is 0 Å². The third-order valence-electron chi connectivity index (χ3n) is 10.3. The van der Waals surface area contributed by atoms with E-state index in [1.807, 2.05) is 18.3 Å². The van der Waals surface area contributed by atoms with Crippen LogP contribution in [0.1, 0.15) is 5.56 Å². The number of fused-ring (bicyclic) bond motifs is 12. The number of para-hydroxylation sites is 4. The Hall–Kier alpha value is -6.78. The highest BCUT2D eigenvalue weighted by Gasteiger charge is 2.20. The molecule has 4 nitrogen and oxygen atoms in total. The van der Waals surface area contributed by atoms with Crippen LogP contribution in [-0.2, 0) is 0 Å². The lowest BCUT2D eigenvalue weighted by Gasteiger charge is -2.12. The second-order valence-corrected chi connectivity index (χ2v) is 13.4. The number of nitrogens with zero attached hydrogens (tertiary/aromatic N) is 2. The van der Waals surface area contributed by atoms with Crippen LogP contribution < -0.4 is 0 Å². The van der Waals surface area contributed by atoms with Gasteiger partial charge in [0.05, 0.1) is 22.9 Å². The Balaban J connectivity index is 1.10. The zero-order valence-electron chi connectivity index (χ0n) is 27.6. The van der Waals surface area contributed by atoms with E-state index in [1.54, 1.807) is 0 Å². The lowest BCUT2D eigenvalue weighted by molar-refractivity contribution is 0.665. The van der Waals surface area contributed by atoms with Crippen molar-refractivity contribution < 1.29 is 8.83 Å². The van der Waals surface area contributed by atoms with E-state index in [9.17, 15) is 0 Å². The second kappa shape index (κ2) is 10.6. The Morgan fingerprint density at radius 1 is 0.412 bits per heavy atom. The van der Waals surface area contributed by atoms with Gasteiger partial charge in [-0.2, -0.15) is 0 Å². The Kier molecular flexibility index (Phi) is 5.84. The lowest BCUT2D eigenvalue weighted by atomic mass is 9.96. The van der Waals surface area contributed by atoms with Crippen LogP contribution in [0.5, 0.6) is 0 Å². The van der Waals surface area contributed by atoms with Crippen molar-refractivity contribution in [2.45, 2.75) is 6.92 Å². The van der Waals surface area contributed by atoms with Gasteiger partial charge in [-0.15, -0.1) is 0 Å². The molecule has 8 aromatic carbocycles. The number of rotatable bonds is 3. The molecule has 238 valence electrons. The van der Waals surface area contributed by atoms with E-state index in [0.717, 1.165) is 105 Å². The third kappa shape index (κ3) is 4.14.